The Morgan fingerprint density at radius 3 is 2.39 bits per heavy atom. The number of phenols is 1. The first-order valence-corrected chi connectivity index (χ1v) is 14.5. The summed E-state index contributed by atoms with van der Waals surface area (Å²) < 4.78 is 71.7. The lowest BCUT2D eigenvalue weighted by Crippen LogP contribution is -2.40. The Morgan fingerprint density at radius 1 is 1.05 bits per heavy atom. The summed E-state index contributed by atoms with van der Waals surface area (Å²) in [7, 11) is -3.66. The third kappa shape index (κ3) is 9.27. The molecule has 0 aliphatic carbocycles. The quantitative estimate of drug-likeness (QED) is 0.153. The lowest BCUT2D eigenvalue weighted by atomic mass is 10.0. The van der Waals surface area contributed by atoms with Gasteiger partial charge in [-0.05, 0) is 60.5 Å². The maximum Gasteiger partial charge on any atom is 0.255 e. The average Bonchev–Trinajstić information content (AvgIpc) is 2.89. The molecule has 0 saturated carbocycles. The van der Waals surface area contributed by atoms with Gasteiger partial charge in [0, 0.05) is 49.3 Å². The molecule has 0 spiro atoms. The zero-order chi connectivity index (χ0) is 28.9. The Hall–Kier alpha value is -3.48. The van der Waals surface area contributed by atoms with Crippen molar-refractivity contribution in [3.05, 3.63) is 72.0 Å². The topological polar surface area (TPSA) is 108 Å². The number of carbonyl (C=O) groups is 1. The molecule has 3 aromatic rings. The molecule has 0 radical (unpaired) electrons. The number of hydrogen-bond acceptors (Lipinski definition) is 6. The standard InChI is InChI=1S/C28H30F3N3O5S.ClH/c1-40(37,38)33-24-18-22(8-10-25(24)35)32-27(36)20-5-9-23(19-3-6-21(29)7-4-19)26(17-20)39-16-2-13-34-14-11-28(30,31)12-15-34;/h3-10,17-18,33,35H,2,11-16H2,1H3,(H,32,36);1H. The number of nitrogens with one attached hydrogen (secondary N) is 2. The Kier molecular flexibility index (Phi) is 10.5. The lowest BCUT2D eigenvalue weighted by Gasteiger charge is -2.31. The summed E-state index contributed by atoms with van der Waals surface area (Å²) >= 11 is 0. The normalized spacial score (nSPS) is 15.0. The smallest absolute Gasteiger partial charge is 0.255 e. The van der Waals surface area contributed by atoms with Gasteiger partial charge in [-0.1, -0.05) is 12.1 Å². The van der Waals surface area contributed by atoms with Crippen molar-refractivity contribution in [3.8, 4) is 22.6 Å². The number of sulfonamides is 1. The van der Waals surface area contributed by atoms with E-state index < -0.39 is 27.7 Å². The highest BCUT2D eigenvalue weighted by Crippen LogP contribution is 2.33. The molecule has 1 aliphatic heterocycles. The van der Waals surface area contributed by atoms with E-state index in [4.69, 9.17) is 4.74 Å². The molecule has 0 bridgehead atoms. The molecule has 222 valence electrons. The van der Waals surface area contributed by atoms with Gasteiger partial charge in [0.1, 0.15) is 17.3 Å². The van der Waals surface area contributed by atoms with E-state index in [9.17, 15) is 31.5 Å². The van der Waals surface area contributed by atoms with E-state index in [0.29, 0.717) is 42.9 Å². The fraction of sp³-hybridized carbons (Fsp3) is 0.321. The van der Waals surface area contributed by atoms with Crippen molar-refractivity contribution in [1.29, 1.82) is 0 Å². The number of piperidine rings is 1. The molecule has 0 aromatic heterocycles. The van der Waals surface area contributed by atoms with Crippen molar-refractivity contribution >= 4 is 39.7 Å². The third-order valence-electron chi connectivity index (χ3n) is 6.41. The minimum Gasteiger partial charge on any atom is -0.506 e. The summed E-state index contributed by atoms with van der Waals surface area (Å²) in [6.07, 6.45) is 1.19. The number of hydrogen-bond donors (Lipinski definition) is 3. The van der Waals surface area contributed by atoms with Crippen LogP contribution in [-0.4, -0.2) is 62.8 Å². The number of amides is 1. The number of benzene rings is 3. The first-order valence-electron chi connectivity index (χ1n) is 12.6. The second-order valence-electron chi connectivity index (χ2n) is 9.68. The van der Waals surface area contributed by atoms with Gasteiger partial charge >= 0.3 is 0 Å². The summed E-state index contributed by atoms with van der Waals surface area (Å²) in [6, 6.07) is 14.6. The largest absolute Gasteiger partial charge is 0.506 e. The van der Waals surface area contributed by atoms with Crippen LogP contribution >= 0.6 is 12.4 Å². The van der Waals surface area contributed by atoms with E-state index in [1.165, 1.54) is 30.3 Å². The van der Waals surface area contributed by atoms with E-state index in [-0.39, 0.29) is 54.5 Å². The highest BCUT2D eigenvalue weighted by atomic mass is 35.5. The molecule has 0 unspecified atom stereocenters. The molecule has 3 N–H and O–H groups in total. The van der Waals surface area contributed by atoms with Gasteiger partial charge < -0.3 is 20.1 Å². The van der Waals surface area contributed by atoms with Crippen LogP contribution in [0.15, 0.2) is 60.7 Å². The lowest BCUT2D eigenvalue weighted by molar-refractivity contribution is -0.0554. The summed E-state index contributed by atoms with van der Waals surface area (Å²) in [6.45, 7) is 1.50. The van der Waals surface area contributed by atoms with Crippen LogP contribution in [-0.2, 0) is 10.0 Å². The number of anilines is 2. The number of phenolic OH excluding ortho intramolecular Hbond substituents is 1. The van der Waals surface area contributed by atoms with Gasteiger partial charge in [0.2, 0.25) is 10.0 Å². The van der Waals surface area contributed by atoms with Gasteiger partial charge in [0.15, 0.2) is 0 Å². The van der Waals surface area contributed by atoms with Crippen molar-refractivity contribution in [2.24, 2.45) is 0 Å². The maximum absolute atomic E-state index is 13.5. The van der Waals surface area contributed by atoms with Crippen molar-refractivity contribution in [1.82, 2.24) is 4.90 Å². The zero-order valence-electron chi connectivity index (χ0n) is 22.2. The van der Waals surface area contributed by atoms with Crippen molar-refractivity contribution in [3.63, 3.8) is 0 Å². The highest BCUT2D eigenvalue weighted by molar-refractivity contribution is 7.92. The van der Waals surface area contributed by atoms with Crippen LogP contribution in [0.25, 0.3) is 11.1 Å². The minimum absolute atomic E-state index is 0. The molecule has 3 aromatic carbocycles. The minimum atomic E-state index is -3.66. The van der Waals surface area contributed by atoms with Crippen LogP contribution in [0.4, 0.5) is 24.5 Å². The van der Waals surface area contributed by atoms with Gasteiger partial charge in [-0.3, -0.25) is 9.52 Å². The fourth-order valence-electron chi connectivity index (χ4n) is 4.32. The number of likely N-dealkylation sites (tertiary alicyclic amines) is 1. The molecule has 41 heavy (non-hydrogen) atoms. The van der Waals surface area contributed by atoms with Gasteiger partial charge in [-0.25, -0.2) is 21.6 Å². The number of rotatable bonds is 10. The molecule has 13 heteroatoms. The number of carbonyl (C=O) groups excluding carboxylic acids is 1. The van der Waals surface area contributed by atoms with E-state index >= 15 is 0 Å². The molecule has 1 heterocycles. The summed E-state index contributed by atoms with van der Waals surface area (Å²) in [5.41, 5.74) is 1.71. The van der Waals surface area contributed by atoms with Crippen LogP contribution < -0.4 is 14.8 Å². The monoisotopic (exact) mass is 613 g/mol. The second kappa shape index (κ2) is 13.5. The first kappa shape index (κ1) is 32.0. The summed E-state index contributed by atoms with van der Waals surface area (Å²) in [5.74, 6) is -3.44. The van der Waals surface area contributed by atoms with Crippen LogP contribution in [0.5, 0.6) is 11.5 Å². The Bertz CT molecular complexity index is 1460. The van der Waals surface area contributed by atoms with Gasteiger partial charge in [-0.15, -0.1) is 12.4 Å². The van der Waals surface area contributed by atoms with Crippen LogP contribution in [0.2, 0.25) is 0 Å². The van der Waals surface area contributed by atoms with Gasteiger partial charge in [-0.2, -0.15) is 0 Å². The molecular formula is C28H31ClF3N3O5S. The number of alkyl halides is 2. The van der Waals surface area contributed by atoms with E-state index in [2.05, 4.69) is 10.0 Å². The van der Waals surface area contributed by atoms with Crippen LogP contribution in [0.3, 0.4) is 0 Å². The highest BCUT2D eigenvalue weighted by Gasteiger charge is 2.33. The molecule has 1 aliphatic rings. The van der Waals surface area contributed by atoms with E-state index in [0.717, 1.165) is 6.26 Å². The fourth-order valence-corrected chi connectivity index (χ4v) is 4.89. The first-order chi connectivity index (χ1) is 18.9. The maximum atomic E-state index is 13.5. The van der Waals surface area contributed by atoms with Crippen LogP contribution in [0, 0.1) is 5.82 Å². The Balaban J connectivity index is 0.00000462. The van der Waals surface area contributed by atoms with Crippen molar-refractivity contribution < 1.29 is 36.2 Å². The van der Waals surface area contributed by atoms with Gasteiger partial charge in [0.05, 0.1) is 18.6 Å². The number of halogens is 4. The average molecular weight is 614 g/mol. The van der Waals surface area contributed by atoms with E-state index in [1.54, 1.807) is 30.3 Å². The summed E-state index contributed by atoms with van der Waals surface area (Å²) in [4.78, 5) is 15.0. The Labute approximate surface area is 243 Å². The number of nitrogens with zero attached hydrogens (tertiary/aromatic N) is 1. The number of aromatic hydroxyl groups is 1. The molecule has 0 atom stereocenters. The predicted octanol–water partition coefficient (Wildman–Crippen LogP) is 5.74. The molecular weight excluding hydrogens is 583 g/mol. The molecule has 1 fully saturated rings. The zero-order valence-corrected chi connectivity index (χ0v) is 23.8. The predicted molar refractivity (Wildman–Crippen MR) is 154 cm³/mol. The summed E-state index contributed by atoms with van der Waals surface area (Å²) in [5, 5.41) is 12.6. The Morgan fingerprint density at radius 2 is 1.73 bits per heavy atom. The SMILES string of the molecule is CS(=O)(=O)Nc1cc(NC(=O)c2ccc(-c3ccc(F)cc3)c(OCCCN3CCC(F)(F)CC3)c2)ccc1O.Cl. The van der Waals surface area contributed by atoms with E-state index in [1.807, 2.05) is 4.90 Å². The van der Waals surface area contributed by atoms with Crippen LogP contribution in [0.1, 0.15) is 29.6 Å². The molecule has 1 amide bonds. The molecule has 4 rings (SSSR count). The third-order valence-corrected chi connectivity index (χ3v) is 7.00. The molecule has 8 nitrogen and oxygen atoms in total. The van der Waals surface area contributed by atoms with Gasteiger partial charge in [0.25, 0.3) is 11.8 Å². The number of ether oxygens (including phenoxy) is 1. The second-order valence-corrected chi connectivity index (χ2v) is 11.4. The van der Waals surface area contributed by atoms with Crippen molar-refractivity contribution in [2.75, 3.05) is 42.5 Å². The molecule has 1 saturated heterocycles. The van der Waals surface area contributed by atoms with Crippen molar-refractivity contribution in [2.45, 2.75) is 25.2 Å².